The summed E-state index contributed by atoms with van der Waals surface area (Å²) >= 11 is 6.18. The van der Waals surface area contributed by atoms with Crippen molar-refractivity contribution in [2.75, 3.05) is 34.9 Å². The van der Waals surface area contributed by atoms with Gasteiger partial charge < -0.3 is 24.4 Å². The highest BCUT2D eigenvalue weighted by molar-refractivity contribution is 6.31. The zero-order valence-corrected chi connectivity index (χ0v) is 16.9. The Kier molecular flexibility index (Phi) is 7.76. The Bertz CT molecular complexity index is 757. The van der Waals surface area contributed by atoms with Gasteiger partial charge in [0.1, 0.15) is 6.54 Å². The van der Waals surface area contributed by atoms with Crippen LogP contribution >= 0.6 is 11.6 Å². The molecule has 0 heterocycles. The average molecular weight is 394 g/mol. The van der Waals surface area contributed by atoms with Crippen molar-refractivity contribution in [2.24, 2.45) is 0 Å². The summed E-state index contributed by atoms with van der Waals surface area (Å²) in [7, 11) is 6.64. The Balaban J connectivity index is 1.94. The summed E-state index contributed by atoms with van der Waals surface area (Å²) in [6.45, 7) is 1.39. The molecule has 0 bridgehead atoms. The number of methoxy groups -OCH3 is 3. The second kappa shape index (κ2) is 10.0. The number of hydrogen-bond acceptors (Lipinski definition) is 4. The van der Waals surface area contributed by atoms with Gasteiger partial charge in [-0.1, -0.05) is 29.8 Å². The monoisotopic (exact) mass is 393 g/mol. The topological polar surface area (TPSA) is 61.2 Å². The Hall–Kier alpha value is -2.44. The number of benzene rings is 2. The van der Waals surface area contributed by atoms with Crippen LogP contribution in [-0.2, 0) is 17.9 Å². The molecule has 0 saturated heterocycles. The first-order valence-corrected chi connectivity index (χ1v) is 8.96. The Morgan fingerprint density at radius 3 is 2.26 bits per heavy atom. The third-order valence-corrected chi connectivity index (χ3v) is 4.50. The molecule has 0 fully saturated rings. The smallest absolute Gasteiger partial charge is 0.275 e. The molecule has 0 saturated carbocycles. The van der Waals surface area contributed by atoms with Gasteiger partial charge in [0, 0.05) is 17.1 Å². The molecule has 146 valence electrons. The highest BCUT2D eigenvalue weighted by atomic mass is 35.5. The zero-order chi connectivity index (χ0) is 19.8. The van der Waals surface area contributed by atoms with E-state index in [1.807, 2.05) is 43.4 Å². The average Bonchev–Trinajstić information content (AvgIpc) is 2.67. The molecule has 6 nitrogen and oxygen atoms in total. The lowest BCUT2D eigenvalue weighted by molar-refractivity contribution is -0.885. The zero-order valence-electron chi connectivity index (χ0n) is 16.1. The fourth-order valence-corrected chi connectivity index (χ4v) is 3.01. The van der Waals surface area contributed by atoms with E-state index >= 15 is 0 Å². The number of quaternary nitrogens is 1. The van der Waals surface area contributed by atoms with E-state index in [0.29, 0.717) is 36.9 Å². The SMILES string of the molecule is COc1cc(CNC(=O)C[NH+](C)Cc2ccccc2Cl)cc(OC)c1OC. The Morgan fingerprint density at radius 2 is 1.70 bits per heavy atom. The van der Waals surface area contributed by atoms with Crippen molar-refractivity contribution in [1.82, 2.24) is 5.32 Å². The minimum Gasteiger partial charge on any atom is -0.493 e. The molecule has 27 heavy (non-hydrogen) atoms. The summed E-state index contributed by atoms with van der Waals surface area (Å²) in [6, 6.07) is 11.3. The molecule has 2 rings (SSSR count). The maximum Gasteiger partial charge on any atom is 0.275 e. The number of carbonyl (C=O) groups excluding carboxylic acids is 1. The Labute approximate surface area is 165 Å². The van der Waals surface area contributed by atoms with Crippen LogP contribution in [0, 0.1) is 0 Å². The van der Waals surface area contributed by atoms with Crippen LogP contribution in [0.5, 0.6) is 17.2 Å². The van der Waals surface area contributed by atoms with E-state index in [9.17, 15) is 4.79 Å². The van der Waals surface area contributed by atoms with Gasteiger partial charge in [-0.15, -0.1) is 0 Å². The minimum absolute atomic E-state index is 0.0479. The molecule has 0 radical (unpaired) electrons. The van der Waals surface area contributed by atoms with Gasteiger partial charge in [0.15, 0.2) is 18.0 Å². The highest BCUT2D eigenvalue weighted by Gasteiger charge is 2.15. The van der Waals surface area contributed by atoms with Crippen LogP contribution in [0.2, 0.25) is 5.02 Å². The molecular weight excluding hydrogens is 368 g/mol. The van der Waals surface area contributed by atoms with Gasteiger partial charge in [-0.2, -0.15) is 0 Å². The van der Waals surface area contributed by atoms with E-state index in [4.69, 9.17) is 25.8 Å². The van der Waals surface area contributed by atoms with Crippen molar-refractivity contribution in [2.45, 2.75) is 13.1 Å². The molecule has 0 aliphatic carbocycles. The van der Waals surface area contributed by atoms with Crippen molar-refractivity contribution in [3.63, 3.8) is 0 Å². The van der Waals surface area contributed by atoms with E-state index in [1.165, 1.54) is 0 Å². The van der Waals surface area contributed by atoms with Crippen molar-refractivity contribution in [1.29, 1.82) is 0 Å². The summed E-state index contributed by atoms with van der Waals surface area (Å²) in [5, 5.41) is 3.64. The number of carbonyl (C=O) groups is 1. The maximum atomic E-state index is 12.3. The van der Waals surface area contributed by atoms with Gasteiger partial charge in [-0.25, -0.2) is 0 Å². The number of halogens is 1. The molecule has 0 aromatic heterocycles. The number of hydrogen-bond donors (Lipinski definition) is 2. The van der Waals surface area contributed by atoms with Crippen LogP contribution < -0.4 is 24.4 Å². The van der Waals surface area contributed by atoms with E-state index in [-0.39, 0.29) is 5.91 Å². The number of amides is 1. The van der Waals surface area contributed by atoms with Crippen molar-refractivity contribution in [3.05, 3.63) is 52.5 Å². The van der Waals surface area contributed by atoms with Crippen LogP contribution in [0.3, 0.4) is 0 Å². The van der Waals surface area contributed by atoms with Crippen LogP contribution in [0.25, 0.3) is 0 Å². The minimum atomic E-state index is -0.0479. The summed E-state index contributed by atoms with van der Waals surface area (Å²) in [6.07, 6.45) is 0. The van der Waals surface area contributed by atoms with Crippen LogP contribution in [0.15, 0.2) is 36.4 Å². The van der Waals surface area contributed by atoms with E-state index < -0.39 is 0 Å². The molecule has 1 atom stereocenters. The number of ether oxygens (including phenoxy) is 3. The highest BCUT2D eigenvalue weighted by Crippen LogP contribution is 2.38. The quantitative estimate of drug-likeness (QED) is 0.680. The van der Waals surface area contributed by atoms with Crippen molar-refractivity contribution in [3.8, 4) is 17.2 Å². The first kappa shape index (κ1) is 20.9. The predicted octanol–water partition coefficient (Wildman–Crippen LogP) is 1.70. The second-order valence-electron chi connectivity index (χ2n) is 6.21. The van der Waals surface area contributed by atoms with E-state index in [2.05, 4.69) is 5.32 Å². The normalized spacial score (nSPS) is 11.6. The summed E-state index contributed by atoms with van der Waals surface area (Å²) in [5.74, 6) is 1.59. The molecule has 7 heteroatoms. The van der Waals surface area contributed by atoms with Gasteiger partial charge in [0.2, 0.25) is 5.75 Å². The largest absolute Gasteiger partial charge is 0.493 e. The molecule has 2 aromatic rings. The van der Waals surface area contributed by atoms with Crippen LogP contribution in [0.1, 0.15) is 11.1 Å². The molecule has 2 N–H and O–H groups in total. The first-order chi connectivity index (χ1) is 13.0. The number of rotatable bonds is 9. The fraction of sp³-hybridized carbons (Fsp3) is 0.350. The number of nitrogens with one attached hydrogen (secondary N) is 2. The summed E-state index contributed by atoms with van der Waals surface area (Å²) in [4.78, 5) is 13.3. The molecule has 0 aliphatic rings. The lowest BCUT2D eigenvalue weighted by Crippen LogP contribution is -3.08. The van der Waals surface area contributed by atoms with E-state index in [1.54, 1.807) is 21.3 Å². The molecule has 1 amide bonds. The lowest BCUT2D eigenvalue weighted by atomic mass is 10.1. The summed E-state index contributed by atoms with van der Waals surface area (Å²) < 4.78 is 16.0. The van der Waals surface area contributed by atoms with Crippen molar-refractivity contribution >= 4 is 17.5 Å². The maximum absolute atomic E-state index is 12.3. The second-order valence-corrected chi connectivity index (χ2v) is 6.62. The van der Waals surface area contributed by atoms with Crippen molar-refractivity contribution < 1.29 is 23.9 Å². The van der Waals surface area contributed by atoms with Crippen LogP contribution in [-0.4, -0.2) is 40.8 Å². The lowest BCUT2D eigenvalue weighted by Gasteiger charge is -2.16. The van der Waals surface area contributed by atoms with Crippen LogP contribution in [0.4, 0.5) is 0 Å². The molecule has 2 aromatic carbocycles. The van der Waals surface area contributed by atoms with Gasteiger partial charge >= 0.3 is 0 Å². The van der Waals surface area contributed by atoms with Gasteiger partial charge in [-0.05, 0) is 23.8 Å². The third kappa shape index (κ3) is 5.77. The third-order valence-electron chi connectivity index (χ3n) is 4.13. The van der Waals surface area contributed by atoms with Gasteiger partial charge in [0.25, 0.3) is 5.91 Å². The molecule has 1 unspecified atom stereocenters. The number of likely N-dealkylation sites (N-methyl/N-ethyl adjacent to an activating group) is 1. The predicted molar refractivity (Wildman–Crippen MR) is 105 cm³/mol. The van der Waals surface area contributed by atoms with Gasteiger partial charge in [0.05, 0.1) is 28.4 Å². The fourth-order valence-electron chi connectivity index (χ4n) is 2.80. The molecule has 0 spiro atoms. The Morgan fingerprint density at radius 1 is 1.07 bits per heavy atom. The van der Waals surface area contributed by atoms with Gasteiger partial charge in [-0.3, -0.25) is 4.79 Å². The molecule has 0 aliphatic heterocycles. The standard InChI is InChI=1S/C20H25ClN2O4/c1-23(12-15-7-5-6-8-16(15)21)13-19(24)22-11-14-9-17(25-2)20(27-4)18(10-14)26-3/h5-10H,11-13H2,1-4H3,(H,22,24)/p+1. The molecular formula is C20H26ClN2O4+. The first-order valence-electron chi connectivity index (χ1n) is 8.58. The van der Waals surface area contributed by atoms with E-state index in [0.717, 1.165) is 21.0 Å². The summed E-state index contributed by atoms with van der Waals surface area (Å²) in [5.41, 5.74) is 1.88.